The van der Waals surface area contributed by atoms with Crippen molar-refractivity contribution < 1.29 is 41.8 Å². The maximum Gasteiger partial charge on any atom is 0.341 e. The van der Waals surface area contributed by atoms with Crippen molar-refractivity contribution in [3.63, 3.8) is 0 Å². The van der Waals surface area contributed by atoms with Gasteiger partial charge < -0.3 is 19.1 Å². The number of β-lactam (4-membered cyclic amide) rings is 1. The molecule has 2 atom stereocenters. The fraction of sp³-hybridized carbons (Fsp3) is 0.333. The van der Waals surface area contributed by atoms with Crippen LogP contribution in [0.5, 0.6) is 0 Å². The molecule has 10 nitrogen and oxygen atoms in total. The van der Waals surface area contributed by atoms with Crippen molar-refractivity contribution >= 4 is 33.7 Å². The molecule has 0 spiro atoms. The number of hydrogen-bond donors (Lipinski definition) is 0. The Balaban J connectivity index is 1.33. The summed E-state index contributed by atoms with van der Waals surface area (Å²) in [6, 6.07) is 13.4. The lowest BCUT2D eigenvalue weighted by atomic mass is 9.98. The Hall–Kier alpha value is -3.73. The van der Waals surface area contributed by atoms with E-state index in [0.29, 0.717) is 0 Å². The van der Waals surface area contributed by atoms with Gasteiger partial charge in [-0.05, 0) is 37.6 Å². The van der Waals surface area contributed by atoms with Gasteiger partial charge in [0.25, 0.3) is 0 Å². The van der Waals surface area contributed by atoms with Gasteiger partial charge in [-0.1, -0.05) is 36.4 Å². The normalized spacial score (nSPS) is 21.4. The lowest BCUT2D eigenvalue weighted by Crippen LogP contribution is -2.57. The largest absolute Gasteiger partial charge is 0.457 e. The van der Waals surface area contributed by atoms with E-state index in [9.17, 15) is 27.6 Å². The molecule has 0 aromatic heterocycles. The highest BCUT2D eigenvalue weighted by Crippen LogP contribution is 2.46. The van der Waals surface area contributed by atoms with Crippen LogP contribution in [0.15, 0.2) is 54.6 Å². The smallest absolute Gasteiger partial charge is 0.341 e. The Labute approximate surface area is 201 Å². The monoisotopic (exact) mass is 501 g/mol. The third kappa shape index (κ3) is 4.39. The SMILES string of the molecule is CC1(C)[C@H](C(=O)OCOC(=O)c2cccc(C(=O)OCc3ccccc3)c2)N2C(=O)C[C@H]2S1(=O)=O. The molecule has 0 saturated carbocycles. The first kappa shape index (κ1) is 24.4. The third-order valence-electron chi connectivity index (χ3n) is 6.14. The van der Waals surface area contributed by atoms with Gasteiger partial charge in [-0.3, -0.25) is 4.79 Å². The van der Waals surface area contributed by atoms with Crippen LogP contribution in [0.2, 0.25) is 0 Å². The first-order valence-electron chi connectivity index (χ1n) is 10.7. The fourth-order valence-corrected chi connectivity index (χ4v) is 6.21. The summed E-state index contributed by atoms with van der Waals surface area (Å²) in [6.45, 7) is 1.99. The van der Waals surface area contributed by atoms with Crippen LogP contribution in [0.4, 0.5) is 0 Å². The molecule has 0 bridgehead atoms. The van der Waals surface area contributed by atoms with Crippen LogP contribution < -0.4 is 0 Å². The van der Waals surface area contributed by atoms with Crippen LogP contribution in [0.1, 0.15) is 46.5 Å². The zero-order valence-corrected chi connectivity index (χ0v) is 19.8. The van der Waals surface area contributed by atoms with Gasteiger partial charge in [0.1, 0.15) is 18.0 Å². The van der Waals surface area contributed by atoms with Gasteiger partial charge in [0.2, 0.25) is 12.7 Å². The van der Waals surface area contributed by atoms with Crippen molar-refractivity contribution in [2.45, 2.75) is 43.0 Å². The molecule has 0 N–H and O–H groups in total. The average molecular weight is 502 g/mol. The van der Waals surface area contributed by atoms with Crippen LogP contribution in [-0.4, -0.2) is 60.1 Å². The van der Waals surface area contributed by atoms with Gasteiger partial charge >= 0.3 is 17.9 Å². The predicted octanol–water partition coefficient (Wildman–Crippen LogP) is 1.84. The molecule has 2 fully saturated rings. The summed E-state index contributed by atoms with van der Waals surface area (Å²) in [5, 5.41) is -1.05. The van der Waals surface area contributed by atoms with Crippen molar-refractivity contribution in [2.24, 2.45) is 0 Å². The van der Waals surface area contributed by atoms with Crippen LogP contribution in [0.25, 0.3) is 0 Å². The maximum absolute atomic E-state index is 12.6. The summed E-state index contributed by atoms with van der Waals surface area (Å²) in [5.74, 6) is -2.95. The number of amides is 1. The highest BCUT2D eigenvalue weighted by atomic mass is 32.2. The van der Waals surface area contributed by atoms with E-state index in [0.717, 1.165) is 10.5 Å². The van der Waals surface area contributed by atoms with E-state index >= 15 is 0 Å². The predicted molar refractivity (Wildman–Crippen MR) is 120 cm³/mol. The zero-order valence-electron chi connectivity index (χ0n) is 19.0. The number of carbonyl (C=O) groups excluding carboxylic acids is 4. The van der Waals surface area contributed by atoms with Crippen molar-refractivity contribution in [3.05, 3.63) is 71.3 Å². The molecule has 11 heteroatoms. The fourth-order valence-electron chi connectivity index (χ4n) is 4.09. The van der Waals surface area contributed by atoms with Gasteiger partial charge in [0.15, 0.2) is 9.84 Å². The van der Waals surface area contributed by atoms with Gasteiger partial charge in [-0.2, -0.15) is 0 Å². The quantitative estimate of drug-likeness (QED) is 0.316. The first-order valence-corrected chi connectivity index (χ1v) is 12.3. The first-order chi connectivity index (χ1) is 16.5. The van der Waals surface area contributed by atoms with Crippen LogP contribution in [-0.2, 0) is 40.2 Å². The molecule has 2 heterocycles. The van der Waals surface area contributed by atoms with Crippen LogP contribution in [0.3, 0.4) is 0 Å². The van der Waals surface area contributed by atoms with E-state index in [2.05, 4.69) is 0 Å². The molecule has 2 saturated heterocycles. The molecule has 2 aromatic rings. The lowest BCUT2D eigenvalue weighted by molar-refractivity contribution is -0.167. The number of hydrogen-bond acceptors (Lipinski definition) is 9. The Morgan fingerprint density at radius 2 is 1.57 bits per heavy atom. The highest BCUT2D eigenvalue weighted by Gasteiger charge is 2.68. The molecular formula is C24H23NO9S. The summed E-state index contributed by atoms with van der Waals surface area (Å²) in [4.78, 5) is 50.2. The van der Waals surface area contributed by atoms with Gasteiger partial charge in [-0.15, -0.1) is 0 Å². The molecule has 1 amide bonds. The Bertz CT molecular complexity index is 1290. The number of ether oxygens (including phenoxy) is 3. The second-order valence-corrected chi connectivity index (χ2v) is 11.4. The molecule has 184 valence electrons. The van der Waals surface area contributed by atoms with E-state index < -0.39 is 56.6 Å². The number of rotatable bonds is 7. The second-order valence-electron chi connectivity index (χ2n) is 8.67. The Morgan fingerprint density at radius 1 is 0.943 bits per heavy atom. The number of sulfone groups is 1. The maximum atomic E-state index is 12.6. The molecule has 2 aromatic carbocycles. The van der Waals surface area contributed by atoms with E-state index in [1.54, 1.807) is 0 Å². The molecule has 2 aliphatic rings. The van der Waals surface area contributed by atoms with Gasteiger partial charge in [0.05, 0.1) is 22.3 Å². The lowest BCUT2D eigenvalue weighted by Gasteiger charge is -2.36. The van der Waals surface area contributed by atoms with Crippen molar-refractivity contribution in [1.29, 1.82) is 0 Å². The molecule has 0 unspecified atom stereocenters. The molecular weight excluding hydrogens is 478 g/mol. The summed E-state index contributed by atoms with van der Waals surface area (Å²) in [5.41, 5.74) is 0.965. The molecule has 0 radical (unpaired) electrons. The molecule has 4 rings (SSSR count). The van der Waals surface area contributed by atoms with Crippen molar-refractivity contribution in [2.75, 3.05) is 6.79 Å². The van der Waals surface area contributed by atoms with Gasteiger partial charge in [0, 0.05) is 0 Å². The zero-order chi connectivity index (χ0) is 25.4. The van der Waals surface area contributed by atoms with E-state index in [1.165, 1.54) is 38.1 Å². The summed E-state index contributed by atoms with van der Waals surface area (Å²) >= 11 is 0. The van der Waals surface area contributed by atoms with Gasteiger partial charge in [-0.25, -0.2) is 22.8 Å². The second kappa shape index (κ2) is 9.14. The number of fused-ring (bicyclic) bond motifs is 1. The minimum atomic E-state index is -3.76. The minimum absolute atomic E-state index is 0.0250. The van der Waals surface area contributed by atoms with Crippen LogP contribution in [0, 0.1) is 0 Å². The number of nitrogens with zero attached hydrogens (tertiary/aromatic N) is 1. The number of carbonyl (C=O) groups is 4. The molecule has 2 aliphatic heterocycles. The van der Waals surface area contributed by atoms with Crippen molar-refractivity contribution in [3.8, 4) is 0 Å². The average Bonchev–Trinajstić information content (AvgIpc) is 2.96. The summed E-state index contributed by atoms with van der Waals surface area (Å²) < 4.78 is 38.8. The standard InChI is InChI=1S/C24H23NO9S/c1-24(2)20(25-18(26)12-19(25)35(24,30)31)23(29)34-14-33-22(28)17-10-6-9-16(11-17)21(27)32-13-15-7-4-3-5-8-15/h3-11,19-20H,12-14H2,1-2H3/t19-,20+/m1/s1. The highest BCUT2D eigenvalue weighted by molar-refractivity contribution is 7.93. The minimum Gasteiger partial charge on any atom is -0.457 e. The van der Waals surface area contributed by atoms with Crippen LogP contribution >= 0.6 is 0 Å². The van der Waals surface area contributed by atoms with E-state index in [-0.39, 0.29) is 24.2 Å². The number of esters is 3. The van der Waals surface area contributed by atoms with Crippen molar-refractivity contribution in [1.82, 2.24) is 4.90 Å². The van der Waals surface area contributed by atoms with E-state index in [4.69, 9.17) is 14.2 Å². The van der Waals surface area contributed by atoms with E-state index in [1.807, 2.05) is 30.3 Å². The number of benzene rings is 2. The topological polar surface area (TPSA) is 133 Å². The Kier molecular flexibility index (Phi) is 6.37. The molecule has 35 heavy (non-hydrogen) atoms. The Morgan fingerprint density at radius 3 is 2.20 bits per heavy atom. The summed E-state index contributed by atoms with van der Waals surface area (Å²) in [6.07, 6.45) is -0.172. The molecule has 0 aliphatic carbocycles. The third-order valence-corrected chi connectivity index (χ3v) is 8.94. The summed E-state index contributed by atoms with van der Waals surface area (Å²) in [7, 11) is -3.76.